The quantitative estimate of drug-likeness (QED) is 0.816. The first-order valence-electron chi connectivity index (χ1n) is 6.39. The van der Waals surface area contributed by atoms with Gasteiger partial charge >= 0.3 is 0 Å². The zero-order valence-electron chi connectivity index (χ0n) is 11.2. The predicted octanol–water partition coefficient (Wildman–Crippen LogP) is 3.47. The van der Waals surface area contributed by atoms with Crippen molar-refractivity contribution in [1.29, 1.82) is 0 Å². The molecule has 0 fully saturated rings. The highest BCUT2D eigenvalue weighted by Gasteiger charge is 2.20. The van der Waals surface area contributed by atoms with Crippen molar-refractivity contribution in [1.82, 2.24) is 4.72 Å². The van der Waals surface area contributed by atoms with Crippen molar-refractivity contribution in [2.24, 2.45) is 0 Å². The van der Waals surface area contributed by atoms with Crippen molar-refractivity contribution in [3.05, 3.63) is 65.2 Å². The van der Waals surface area contributed by atoms with E-state index in [-0.39, 0.29) is 16.8 Å². The standard InChI is InChI=1S/C15H15Cl2NO2S/c16-11-14(9-12-5-2-1-3-6-12)18-21(19,20)15-8-4-7-13(17)10-15/h1-8,10,14,18H,9,11H2. The largest absolute Gasteiger partial charge is 0.240 e. The van der Waals surface area contributed by atoms with Crippen LogP contribution in [0.4, 0.5) is 0 Å². The van der Waals surface area contributed by atoms with Gasteiger partial charge in [0.15, 0.2) is 0 Å². The Kier molecular flexibility index (Phi) is 5.65. The van der Waals surface area contributed by atoms with Gasteiger partial charge in [-0.05, 0) is 30.2 Å². The highest BCUT2D eigenvalue weighted by Crippen LogP contribution is 2.16. The minimum Gasteiger partial charge on any atom is -0.207 e. The van der Waals surface area contributed by atoms with Crippen molar-refractivity contribution in [3.8, 4) is 0 Å². The Hall–Kier alpha value is -1.07. The molecule has 1 N–H and O–H groups in total. The molecule has 0 saturated heterocycles. The molecule has 0 amide bonds. The maximum atomic E-state index is 12.3. The third kappa shape index (κ3) is 4.71. The lowest BCUT2D eigenvalue weighted by Crippen LogP contribution is -2.37. The van der Waals surface area contributed by atoms with Crippen LogP contribution in [0.2, 0.25) is 5.02 Å². The summed E-state index contributed by atoms with van der Waals surface area (Å²) in [6, 6.07) is 15.4. The normalized spacial score (nSPS) is 13.0. The molecule has 0 bridgehead atoms. The summed E-state index contributed by atoms with van der Waals surface area (Å²) in [5.41, 5.74) is 1.02. The van der Waals surface area contributed by atoms with Crippen molar-refractivity contribution in [3.63, 3.8) is 0 Å². The summed E-state index contributed by atoms with van der Waals surface area (Å²) in [6.45, 7) is 0. The van der Waals surface area contributed by atoms with Crippen LogP contribution in [0.3, 0.4) is 0 Å². The summed E-state index contributed by atoms with van der Waals surface area (Å²) in [5, 5.41) is 0.378. The molecule has 1 atom stereocenters. The van der Waals surface area contributed by atoms with Crippen LogP contribution in [0, 0.1) is 0 Å². The van der Waals surface area contributed by atoms with E-state index in [0.717, 1.165) is 5.56 Å². The van der Waals surface area contributed by atoms with Crippen LogP contribution in [0.15, 0.2) is 59.5 Å². The van der Waals surface area contributed by atoms with Crippen LogP contribution in [0.25, 0.3) is 0 Å². The van der Waals surface area contributed by atoms with Gasteiger partial charge in [0.2, 0.25) is 10.0 Å². The predicted molar refractivity (Wildman–Crippen MR) is 86.4 cm³/mol. The second-order valence-electron chi connectivity index (χ2n) is 4.62. The molecular weight excluding hydrogens is 329 g/mol. The van der Waals surface area contributed by atoms with E-state index >= 15 is 0 Å². The topological polar surface area (TPSA) is 46.2 Å². The van der Waals surface area contributed by atoms with Crippen LogP contribution in [-0.2, 0) is 16.4 Å². The van der Waals surface area contributed by atoms with E-state index in [9.17, 15) is 8.42 Å². The third-order valence-electron chi connectivity index (χ3n) is 2.94. The van der Waals surface area contributed by atoms with Crippen LogP contribution in [0.5, 0.6) is 0 Å². The molecule has 2 aromatic rings. The molecule has 112 valence electrons. The fourth-order valence-electron chi connectivity index (χ4n) is 1.95. The second kappa shape index (κ2) is 7.27. The Labute approximate surface area is 135 Å². The van der Waals surface area contributed by atoms with Gasteiger partial charge in [-0.2, -0.15) is 0 Å². The van der Waals surface area contributed by atoms with E-state index in [0.29, 0.717) is 11.4 Å². The monoisotopic (exact) mass is 343 g/mol. The molecule has 1 unspecified atom stereocenters. The summed E-state index contributed by atoms with van der Waals surface area (Å²) in [6.07, 6.45) is 0.532. The molecule has 2 aromatic carbocycles. The first kappa shape index (κ1) is 16.3. The summed E-state index contributed by atoms with van der Waals surface area (Å²) in [5.74, 6) is 0.189. The first-order chi connectivity index (χ1) is 10.0. The Bertz CT molecular complexity index is 690. The van der Waals surface area contributed by atoms with Gasteiger partial charge in [-0.15, -0.1) is 11.6 Å². The van der Waals surface area contributed by atoms with Crippen molar-refractivity contribution >= 4 is 33.2 Å². The number of hydrogen-bond donors (Lipinski definition) is 1. The third-order valence-corrected chi connectivity index (χ3v) is 5.07. The van der Waals surface area contributed by atoms with E-state index in [4.69, 9.17) is 23.2 Å². The summed E-state index contributed by atoms with van der Waals surface area (Å²) < 4.78 is 27.2. The maximum Gasteiger partial charge on any atom is 0.240 e. The molecule has 0 aliphatic carbocycles. The minimum atomic E-state index is -3.63. The van der Waals surface area contributed by atoms with Gasteiger partial charge in [0.25, 0.3) is 0 Å². The molecule has 0 radical (unpaired) electrons. The average Bonchev–Trinajstić information content (AvgIpc) is 2.47. The number of halogens is 2. The van der Waals surface area contributed by atoms with E-state index < -0.39 is 10.0 Å². The zero-order chi connectivity index (χ0) is 15.3. The summed E-state index contributed by atoms with van der Waals surface area (Å²) >= 11 is 11.7. The van der Waals surface area contributed by atoms with Gasteiger partial charge in [0.1, 0.15) is 0 Å². The number of alkyl halides is 1. The summed E-state index contributed by atoms with van der Waals surface area (Å²) in [7, 11) is -3.63. The van der Waals surface area contributed by atoms with Crippen LogP contribution in [0.1, 0.15) is 5.56 Å². The fraction of sp³-hybridized carbons (Fsp3) is 0.200. The molecular formula is C15H15Cl2NO2S. The Morgan fingerprint density at radius 3 is 2.38 bits per heavy atom. The van der Waals surface area contributed by atoms with Crippen molar-refractivity contribution < 1.29 is 8.42 Å². The number of rotatable bonds is 6. The molecule has 21 heavy (non-hydrogen) atoms. The molecule has 3 nitrogen and oxygen atoms in total. The van der Waals surface area contributed by atoms with Gasteiger partial charge in [-0.1, -0.05) is 48.0 Å². The van der Waals surface area contributed by atoms with E-state index in [2.05, 4.69) is 4.72 Å². The molecule has 6 heteroatoms. The lowest BCUT2D eigenvalue weighted by molar-refractivity contribution is 0.561. The Balaban J connectivity index is 2.14. The van der Waals surface area contributed by atoms with Gasteiger partial charge in [-0.3, -0.25) is 0 Å². The first-order valence-corrected chi connectivity index (χ1v) is 8.78. The maximum absolute atomic E-state index is 12.3. The summed E-state index contributed by atoms with van der Waals surface area (Å²) in [4.78, 5) is 0.137. The Morgan fingerprint density at radius 2 is 1.76 bits per heavy atom. The highest BCUT2D eigenvalue weighted by molar-refractivity contribution is 7.89. The van der Waals surface area contributed by atoms with Gasteiger partial charge in [0.05, 0.1) is 4.90 Å². The van der Waals surface area contributed by atoms with Crippen LogP contribution in [-0.4, -0.2) is 20.3 Å². The lowest BCUT2D eigenvalue weighted by atomic mass is 10.1. The van der Waals surface area contributed by atoms with Gasteiger partial charge in [-0.25, -0.2) is 13.1 Å². The molecule has 0 saturated carbocycles. The number of sulfonamides is 1. The minimum absolute atomic E-state index is 0.137. The van der Waals surface area contributed by atoms with E-state index in [1.54, 1.807) is 12.1 Å². The molecule has 0 spiro atoms. The molecule has 0 aliphatic rings. The van der Waals surface area contributed by atoms with Crippen molar-refractivity contribution in [2.75, 3.05) is 5.88 Å². The number of hydrogen-bond acceptors (Lipinski definition) is 2. The number of benzene rings is 2. The molecule has 2 rings (SSSR count). The zero-order valence-corrected chi connectivity index (χ0v) is 13.5. The van der Waals surface area contributed by atoms with Crippen molar-refractivity contribution in [2.45, 2.75) is 17.4 Å². The van der Waals surface area contributed by atoms with Gasteiger partial charge in [0, 0.05) is 16.9 Å². The number of nitrogens with one attached hydrogen (secondary N) is 1. The highest BCUT2D eigenvalue weighted by atomic mass is 35.5. The average molecular weight is 344 g/mol. The second-order valence-corrected chi connectivity index (χ2v) is 7.08. The lowest BCUT2D eigenvalue weighted by Gasteiger charge is -2.16. The van der Waals surface area contributed by atoms with Crippen LogP contribution >= 0.6 is 23.2 Å². The molecule has 0 aromatic heterocycles. The van der Waals surface area contributed by atoms with E-state index in [1.807, 2.05) is 30.3 Å². The SMILES string of the molecule is O=S(=O)(NC(CCl)Cc1ccccc1)c1cccc(Cl)c1. The molecule has 0 heterocycles. The van der Waals surface area contributed by atoms with E-state index in [1.165, 1.54) is 12.1 Å². The Morgan fingerprint density at radius 1 is 1.05 bits per heavy atom. The fourth-order valence-corrected chi connectivity index (χ4v) is 3.76. The smallest absolute Gasteiger partial charge is 0.207 e. The van der Waals surface area contributed by atoms with Gasteiger partial charge < -0.3 is 0 Å². The molecule has 0 aliphatic heterocycles. The van der Waals surface area contributed by atoms with Crippen LogP contribution < -0.4 is 4.72 Å².